The van der Waals surface area contributed by atoms with Crippen LogP contribution in [0.15, 0.2) is 34.7 Å². The van der Waals surface area contributed by atoms with Crippen LogP contribution in [0.2, 0.25) is 0 Å². The number of amides is 1. The molecule has 1 N–H and O–H groups in total. The minimum absolute atomic E-state index is 0.128. The Hall–Kier alpha value is -2.47. The second-order valence-corrected chi connectivity index (χ2v) is 6.51. The third-order valence-electron chi connectivity index (χ3n) is 3.46. The van der Waals surface area contributed by atoms with Gasteiger partial charge < -0.3 is 9.73 Å². The molecule has 1 aromatic carbocycles. The topological polar surface area (TPSA) is 68.0 Å². The van der Waals surface area contributed by atoms with E-state index in [1.807, 2.05) is 51.1 Å². The Morgan fingerprint density at radius 3 is 2.61 bits per heavy atom. The molecule has 0 atom stereocenters. The van der Waals surface area contributed by atoms with E-state index in [2.05, 4.69) is 15.5 Å². The van der Waals surface area contributed by atoms with Crippen molar-refractivity contribution in [1.29, 1.82) is 0 Å². The van der Waals surface area contributed by atoms with Crippen LogP contribution in [0.25, 0.3) is 10.8 Å². The maximum atomic E-state index is 12.3. The monoisotopic (exact) mass is 327 g/mol. The molecule has 0 bridgehead atoms. The highest BCUT2D eigenvalue weighted by Gasteiger charge is 2.15. The first kappa shape index (κ1) is 15.4. The lowest BCUT2D eigenvalue weighted by molar-refractivity contribution is 0.102. The number of aromatic nitrogens is 2. The summed E-state index contributed by atoms with van der Waals surface area (Å²) in [6.45, 7) is 5.91. The maximum absolute atomic E-state index is 12.3. The summed E-state index contributed by atoms with van der Waals surface area (Å²) in [6.07, 6.45) is 0.703. The van der Waals surface area contributed by atoms with Gasteiger partial charge in [-0.05, 0) is 32.0 Å². The molecule has 3 aromatic rings. The van der Waals surface area contributed by atoms with Crippen molar-refractivity contribution in [1.82, 2.24) is 10.2 Å². The molecule has 0 fully saturated rings. The van der Waals surface area contributed by atoms with Crippen LogP contribution < -0.4 is 5.32 Å². The molecule has 0 aliphatic heterocycles. The number of anilines is 1. The first-order valence-electron chi connectivity index (χ1n) is 7.38. The number of thiophene rings is 1. The third kappa shape index (κ3) is 3.32. The second kappa shape index (κ2) is 6.34. The van der Waals surface area contributed by atoms with Crippen LogP contribution in [0.4, 0.5) is 5.69 Å². The molecule has 0 saturated heterocycles. The zero-order chi connectivity index (χ0) is 16.4. The molecule has 5 nitrogen and oxygen atoms in total. The van der Waals surface area contributed by atoms with E-state index in [-0.39, 0.29) is 5.91 Å². The lowest BCUT2D eigenvalue weighted by atomic mass is 10.1. The molecule has 0 unspecified atom stereocenters. The predicted octanol–water partition coefficient (Wildman–Crippen LogP) is 4.23. The molecule has 6 heteroatoms. The summed E-state index contributed by atoms with van der Waals surface area (Å²) in [7, 11) is 0. The van der Waals surface area contributed by atoms with Crippen LogP contribution in [0.3, 0.4) is 0 Å². The highest BCUT2D eigenvalue weighted by molar-refractivity contribution is 7.15. The van der Waals surface area contributed by atoms with E-state index >= 15 is 0 Å². The molecule has 0 aliphatic carbocycles. The van der Waals surface area contributed by atoms with Gasteiger partial charge in [0.2, 0.25) is 5.89 Å². The number of carbonyl (C=O) groups excluding carboxylic acids is 1. The van der Waals surface area contributed by atoms with Crippen molar-refractivity contribution in [3.63, 3.8) is 0 Å². The Morgan fingerprint density at radius 2 is 1.96 bits per heavy atom. The second-order valence-electron chi connectivity index (χ2n) is 5.26. The summed E-state index contributed by atoms with van der Waals surface area (Å²) < 4.78 is 5.57. The van der Waals surface area contributed by atoms with Gasteiger partial charge in [-0.1, -0.05) is 24.6 Å². The van der Waals surface area contributed by atoms with Crippen LogP contribution in [0, 0.1) is 13.8 Å². The van der Waals surface area contributed by atoms with Crippen LogP contribution in [0.5, 0.6) is 0 Å². The van der Waals surface area contributed by atoms with Gasteiger partial charge in [0.05, 0.1) is 10.6 Å². The summed E-state index contributed by atoms with van der Waals surface area (Å²) in [5.74, 6) is 0.972. The molecule has 1 amide bonds. The summed E-state index contributed by atoms with van der Waals surface area (Å²) in [5, 5.41) is 10.9. The lowest BCUT2D eigenvalue weighted by Crippen LogP contribution is -2.11. The quantitative estimate of drug-likeness (QED) is 0.778. The highest BCUT2D eigenvalue weighted by atomic mass is 32.1. The zero-order valence-corrected chi connectivity index (χ0v) is 14.0. The summed E-state index contributed by atoms with van der Waals surface area (Å²) in [6, 6.07) is 9.35. The molecule has 3 rings (SSSR count). The van der Waals surface area contributed by atoms with E-state index < -0.39 is 0 Å². The van der Waals surface area contributed by atoms with E-state index in [0.29, 0.717) is 23.8 Å². The number of hydrogen-bond acceptors (Lipinski definition) is 5. The van der Waals surface area contributed by atoms with E-state index in [1.54, 1.807) is 0 Å². The molecule has 2 aromatic heterocycles. The summed E-state index contributed by atoms with van der Waals surface area (Å²) in [5.41, 5.74) is 2.53. The molecule has 23 heavy (non-hydrogen) atoms. The minimum atomic E-state index is -0.128. The first-order valence-corrected chi connectivity index (χ1v) is 8.19. The van der Waals surface area contributed by atoms with Crippen molar-refractivity contribution in [2.75, 3.05) is 5.32 Å². The van der Waals surface area contributed by atoms with E-state index in [0.717, 1.165) is 21.0 Å². The van der Waals surface area contributed by atoms with Crippen molar-refractivity contribution in [3.8, 4) is 10.8 Å². The van der Waals surface area contributed by atoms with Crippen LogP contribution in [-0.2, 0) is 6.42 Å². The van der Waals surface area contributed by atoms with Crippen LogP contribution in [-0.4, -0.2) is 16.1 Å². The molecule has 0 aliphatic rings. The van der Waals surface area contributed by atoms with Gasteiger partial charge in [-0.3, -0.25) is 4.79 Å². The fraction of sp³-hybridized carbons (Fsp3) is 0.235. The van der Waals surface area contributed by atoms with Gasteiger partial charge in [-0.25, -0.2) is 0 Å². The average molecular weight is 327 g/mol. The predicted molar refractivity (Wildman–Crippen MR) is 90.9 cm³/mol. The number of benzene rings is 1. The SMILES string of the molecule is CCc1nnc(-c2cc(NC(=O)c3ccc(C)cc3)c(C)s2)o1. The Bertz CT molecular complexity index is 834. The van der Waals surface area contributed by atoms with Gasteiger partial charge in [0.1, 0.15) is 0 Å². The zero-order valence-electron chi connectivity index (χ0n) is 13.2. The Kier molecular flexibility index (Phi) is 4.25. The van der Waals surface area contributed by atoms with Gasteiger partial charge in [0.15, 0.2) is 0 Å². The molecule has 0 saturated carbocycles. The normalized spacial score (nSPS) is 10.7. The van der Waals surface area contributed by atoms with Crippen molar-refractivity contribution >= 4 is 22.9 Å². The van der Waals surface area contributed by atoms with Gasteiger partial charge in [0, 0.05) is 16.9 Å². The maximum Gasteiger partial charge on any atom is 0.257 e. The number of nitrogens with zero attached hydrogens (tertiary/aromatic N) is 2. The number of rotatable bonds is 4. The smallest absolute Gasteiger partial charge is 0.257 e. The van der Waals surface area contributed by atoms with Crippen molar-refractivity contribution in [3.05, 3.63) is 52.2 Å². The number of hydrogen-bond donors (Lipinski definition) is 1. The Labute approximate surface area is 138 Å². The molecule has 118 valence electrons. The average Bonchev–Trinajstić information content (AvgIpc) is 3.15. The van der Waals surface area contributed by atoms with Gasteiger partial charge in [-0.15, -0.1) is 21.5 Å². The number of aryl methyl sites for hydroxylation is 3. The van der Waals surface area contributed by atoms with Crippen molar-refractivity contribution < 1.29 is 9.21 Å². The van der Waals surface area contributed by atoms with Gasteiger partial charge in [0.25, 0.3) is 11.8 Å². The van der Waals surface area contributed by atoms with Gasteiger partial charge in [-0.2, -0.15) is 0 Å². The number of nitrogens with one attached hydrogen (secondary N) is 1. The number of carbonyl (C=O) groups is 1. The highest BCUT2D eigenvalue weighted by Crippen LogP contribution is 2.33. The fourth-order valence-corrected chi connectivity index (χ4v) is 3.00. The Balaban J connectivity index is 1.81. The summed E-state index contributed by atoms with van der Waals surface area (Å²) in [4.78, 5) is 14.2. The molecular weight excluding hydrogens is 310 g/mol. The molecule has 2 heterocycles. The van der Waals surface area contributed by atoms with E-state index in [4.69, 9.17) is 4.42 Å². The van der Waals surface area contributed by atoms with E-state index in [1.165, 1.54) is 11.3 Å². The third-order valence-corrected chi connectivity index (χ3v) is 4.50. The standard InChI is InChI=1S/C17H17N3O2S/c1-4-15-19-20-17(22-15)14-9-13(11(3)23-14)18-16(21)12-7-5-10(2)6-8-12/h5-9H,4H2,1-3H3,(H,18,21). The Morgan fingerprint density at radius 1 is 1.22 bits per heavy atom. The van der Waals surface area contributed by atoms with Crippen molar-refractivity contribution in [2.24, 2.45) is 0 Å². The molecule has 0 radical (unpaired) electrons. The van der Waals surface area contributed by atoms with Crippen molar-refractivity contribution in [2.45, 2.75) is 27.2 Å². The summed E-state index contributed by atoms with van der Waals surface area (Å²) >= 11 is 1.52. The van der Waals surface area contributed by atoms with E-state index in [9.17, 15) is 4.79 Å². The largest absolute Gasteiger partial charge is 0.420 e. The van der Waals surface area contributed by atoms with Gasteiger partial charge >= 0.3 is 0 Å². The minimum Gasteiger partial charge on any atom is -0.420 e. The van der Waals surface area contributed by atoms with Crippen LogP contribution in [0.1, 0.15) is 33.6 Å². The lowest BCUT2D eigenvalue weighted by Gasteiger charge is -2.04. The fourth-order valence-electron chi connectivity index (χ4n) is 2.11. The molecular formula is C17H17N3O2S. The van der Waals surface area contributed by atoms with Crippen LogP contribution >= 0.6 is 11.3 Å². The molecule has 0 spiro atoms. The first-order chi connectivity index (χ1) is 11.1.